The van der Waals surface area contributed by atoms with Crippen LogP contribution in [-0.4, -0.2) is 36.4 Å². The molecule has 0 unspecified atom stereocenters. The second-order valence-electron chi connectivity index (χ2n) is 7.74. The predicted molar refractivity (Wildman–Crippen MR) is 122 cm³/mol. The van der Waals surface area contributed by atoms with Crippen molar-refractivity contribution in [3.05, 3.63) is 84.1 Å². The van der Waals surface area contributed by atoms with Gasteiger partial charge in [-0.2, -0.15) is 0 Å². The number of H-pyrrole nitrogens is 1. The summed E-state index contributed by atoms with van der Waals surface area (Å²) < 4.78 is 6.08. The fourth-order valence-electron chi connectivity index (χ4n) is 3.94. The van der Waals surface area contributed by atoms with Gasteiger partial charge in [0.15, 0.2) is 16.1 Å². The van der Waals surface area contributed by atoms with E-state index in [0.29, 0.717) is 0 Å². The van der Waals surface area contributed by atoms with E-state index in [-0.39, 0.29) is 0 Å². The van der Waals surface area contributed by atoms with Gasteiger partial charge >= 0.3 is 0 Å². The first-order chi connectivity index (χ1) is 15.8. The number of hydrogen-bond acceptors (Lipinski definition) is 7. The van der Waals surface area contributed by atoms with Crippen molar-refractivity contribution in [3.8, 4) is 11.4 Å². The number of benzene rings is 1. The van der Waals surface area contributed by atoms with E-state index in [0.717, 1.165) is 70.2 Å². The van der Waals surface area contributed by atoms with Crippen molar-refractivity contribution in [2.24, 2.45) is 0 Å². The SMILES string of the molecule is c1ccc2[nH]c(Sc3ccc(CN4CCc5nc(-c6ccncc6)ncc5C4)o3)nc2c1. The molecule has 0 atom stereocenters. The van der Waals surface area contributed by atoms with Crippen LogP contribution in [0.25, 0.3) is 22.4 Å². The van der Waals surface area contributed by atoms with Gasteiger partial charge in [0.1, 0.15) is 5.76 Å². The first-order valence-electron chi connectivity index (χ1n) is 10.5. The van der Waals surface area contributed by atoms with Gasteiger partial charge in [-0.25, -0.2) is 15.0 Å². The van der Waals surface area contributed by atoms with Crippen LogP contribution in [0.3, 0.4) is 0 Å². The standard InChI is InChI=1S/C24H20N6OS/c1-2-4-21-20(3-1)28-24(29-21)32-22-6-5-18(31-22)15-30-12-9-19-17(14-30)13-26-23(27-19)16-7-10-25-11-8-16/h1-8,10-11,13H,9,12,14-15H2,(H,28,29). The molecule has 5 aromatic rings. The molecule has 0 amide bonds. The number of fused-ring (bicyclic) bond motifs is 2. The molecule has 7 nitrogen and oxygen atoms in total. The number of imidazole rings is 1. The number of pyridine rings is 1. The summed E-state index contributed by atoms with van der Waals surface area (Å²) in [5.74, 6) is 1.71. The monoisotopic (exact) mass is 440 g/mol. The first kappa shape index (κ1) is 19.2. The fraction of sp³-hybridized carbons (Fsp3) is 0.167. The number of nitrogens with zero attached hydrogens (tertiary/aromatic N) is 5. The van der Waals surface area contributed by atoms with Crippen LogP contribution in [0.2, 0.25) is 0 Å². The van der Waals surface area contributed by atoms with Crippen LogP contribution in [0.4, 0.5) is 0 Å². The smallest absolute Gasteiger partial charge is 0.174 e. The molecule has 6 rings (SSSR count). The summed E-state index contributed by atoms with van der Waals surface area (Å²) in [6.45, 7) is 2.51. The van der Waals surface area contributed by atoms with Gasteiger partial charge in [0.25, 0.3) is 0 Å². The van der Waals surface area contributed by atoms with Gasteiger partial charge < -0.3 is 9.40 Å². The molecule has 158 valence electrons. The molecule has 0 fully saturated rings. The summed E-state index contributed by atoms with van der Waals surface area (Å²) in [7, 11) is 0. The topological polar surface area (TPSA) is 83.7 Å². The molecule has 0 saturated heterocycles. The zero-order valence-electron chi connectivity index (χ0n) is 17.2. The predicted octanol–water partition coefficient (Wildman–Crippen LogP) is 4.72. The van der Waals surface area contributed by atoms with E-state index in [1.54, 1.807) is 12.4 Å². The third-order valence-electron chi connectivity index (χ3n) is 5.53. The molecule has 5 heterocycles. The Labute approximate surface area is 189 Å². The van der Waals surface area contributed by atoms with Gasteiger partial charge in [0.05, 0.1) is 23.3 Å². The van der Waals surface area contributed by atoms with Crippen LogP contribution < -0.4 is 0 Å². The number of rotatable bonds is 5. The molecular weight excluding hydrogens is 420 g/mol. The van der Waals surface area contributed by atoms with Crippen molar-refractivity contribution in [3.63, 3.8) is 0 Å². The van der Waals surface area contributed by atoms with Crippen LogP contribution >= 0.6 is 11.8 Å². The van der Waals surface area contributed by atoms with Crippen LogP contribution in [0.15, 0.2) is 81.8 Å². The minimum atomic E-state index is 0.756. The molecule has 0 bridgehead atoms. The van der Waals surface area contributed by atoms with Gasteiger partial charge in [0.2, 0.25) is 0 Å². The lowest BCUT2D eigenvalue weighted by molar-refractivity contribution is 0.218. The van der Waals surface area contributed by atoms with Crippen LogP contribution in [0.5, 0.6) is 0 Å². The quantitative estimate of drug-likeness (QED) is 0.423. The van der Waals surface area contributed by atoms with E-state index in [4.69, 9.17) is 9.40 Å². The second kappa shape index (κ2) is 8.22. The maximum Gasteiger partial charge on any atom is 0.174 e. The zero-order chi connectivity index (χ0) is 21.3. The van der Waals surface area contributed by atoms with Crippen molar-refractivity contribution in [2.75, 3.05) is 6.54 Å². The Morgan fingerprint density at radius 2 is 1.94 bits per heavy atom. The first-order valence-corrected chi connectivity index (χ1v) is 11.3. The van der Waals surface area contributed by atoms with E-state index in [1.807, 2.05) is 54.7 Å². The summed E-state index contributed by atoms with van der Waals surface area (Å²) in [5, 5.41) is 1.67. The highest BCUT2D eigenvalue weighted by atomic mass is 32.2. The summed E-state index contributed by atoms with van der Waals surface area (Å²) in [6, 6.07) is 16.0. The lowest BCUT2D eigenvalue weighted by Crippen LogP contribution is -2.30. The summed E-state index contributed by atoms with van der Waals surface area (Å²) in [5.41, 5.74) is 5.29. The number of aromatic nitrogens is 5. The molecule has 0 radical (unpaired) electrons. The van der Waals surface area contributed by atoms with E-state index in [9.17, 15) is 0 Å². The Hall–Kier alpha value is -3.49. The highest BCUT2D eigenvalue weighted by Crippen LogP contribution is 2.30. The zero-order valence-corrected chi connectivity index (χ0v) is 18.0. The molecule has 32 heavy (non-hydrogen) atoms. The maximum absolute atomic E-state index is 6.08. The molecule has 0 saturated carbocycles. The van der Waals surface area contributed by atoms with Gasteiger partial charge in [-0.3, -0.25) is 9.88 Å². The Morgan fingerprint density at radius 1 is 1.03 bits per heavy atom. The molecule has 8 heteroatoms. The van der Waals surface area contributed by atoms with E-state index < -0.39 is 0 Å². The minimum absolute atomic E-state index is 0.756. The Kier molecular flexibility index (Phi) is 4.93. The van der Waals surface area contributed by atoms with Crippen molar-refractivity contribution in [2.45, 2.75) is 29.8 Å². The third-order valence-corrected chi connectivity index (χ3v) is 6.34. The van der Waals surface area contributed by atoms with Crippen molar-refractivity contribution >= 4 is 22.8 Å². The Balaban J connectivity index is 1.12. The van der Waals surface area contributed by atoms with Crippen molar-refractivity contribution in [1.29, 1.82) is 0 Å². The molecular formula is C24H20N6OS. The number of nitrogens with one attached hydrogen (secondary N) is 1. The minimum Gasteiger partial charge on any atom is -0.453 e. The normalized spacial score (nSPS) is 14.0. The van der Waals surface area contributed by atoms with Crippen LogP contribution in [0, 0.1) is 0 Å². The number of aromatic amines is 1. The highest BCUT2D eigenvalue weighted by molar-refractivity contribution is 7.99. The maximum atomic E-state index is 6.08. The second-order valence-corrected chi connectivity index (χ2v) is 8.74. The molecule has 1 aliphatic heterocycles. The van der Waals surface area contributed by atoms with Crippen molar-refractivity contribution in [1.82, 2.24) is 29.8 Å². The summed E-state index contributed by atoms with van der Waals surface area (Å²) in [4.78, 5) is 23.7. The lowest BCUT2D eigenvalue weighted by Gasteiger charge is -2.27. The molecule has 1 aromatic carbocycles. The van der Waals surface area contributed by atoms with Gasteiger partial charge in [-0.1, -0.05) is 12.1 Å². The molecule has 0 aliphatic carbocycles. The van der Waals surface area contributed by atoms with E-state index >= 15 is 0 Å². The van der Waals surface area contributed by atoms with Crippen molar-refractivity contribution < 1.29 is 4.42 Å². The van der Waals surface area contributed by atoms with Crippen LogP contribution in [-0.2, 0) is 19.5 Å². The number of furan rings is 1. The number of para-hydroxylation sites is 2. The van der Waals surface area contributed by atoms with Gasteiger partial charge in [-0.05, 0) is 48.2 Å². The molecule has 4 aromatic heterocycles. The fourth-order valence-corrected chi connectivity index (χ4v) is 4.72. The largest absolute Gasteiger partial charge is 0.453 e. The van der Waals surface area contributed by atoms with E-state index in [2.05, 4.69) is 24.8 Å². The highest BCUT2D eigenvalue weighted by Gasteiger charge is 2.20. The van der Waals surface area contributed by atoms with Gasteiger partial charge in [-0.15, -0.1) is 0 Å². The summed E-state index contributed by atoms with van der Waals surface area (Å²) >= 11 is 1.51. The van der Waals surface area contributed by atoms with Gasteiger partial charge in [0, 0.05) is 49.2 Å². The van der Waals surface area contributed by atoms with E-state index in [1.165, 1.54) is 17.3 Å². The average molecular weight is 441 g/mol. The average Bonchev–Trinajstić information content (AvgIpc) is 3.45. The Morgan fingerprint density at radius 3 is 2.84 bits per heavy atom. The molecule has 1 aliphatic rings. The Bertz CT molecular complexity index is 1350. The van der Waals surface area contributed by atoms with Crippen LogP contribution in [0.1, 0.15) is 17.0 Å². The lowest BCUT2D eigenvalue weighted by atomic mass is 10.1. The summed E-state index contributed by atoms with van der Waals surface area (Å²) in [6.07, 6.45) is 6.39. The third kappa shape index (κ3) is 3.90. The molecule has 1 N–H and O–H groups in total. The number of hydrogen-bond donors (Lipinski definition) is 1. The molecule has 0 spiro atoms.